The van der Waals surface area contributed by atoms with Crippen LogP contribution in [0.3, 0.4) is 0 Å². The standard InChI is InChI=1S/C25H31F2N5O2/c1-24(2,33)21-13-18(7-11-29-21)32-22-14-19(8-12-30-22)34-20(15-31-17-3-4-17)23(28)16-5-9-25(26,27)10-6-16/h7-8,11-17,28,31,33H,3-6,9-10H2,1-2H3,(H,29,30,32)/b20-15+,28-23?. The number of rotatable bonds is 9. The Balaban J connectivity index is 1.48. The second-order valence-corrected chi connectivity index (χ2v) is 9.59. The molecular formula is C25H31F2N5O2. The van der Waals surface area contributed by atoms with Gasteiger partial charge in [-0.3, -0.25) is 4.98 Å². The van der Waals surface area contributed by atoms with Crippen molar-refractivity contribution in [3.05, 3.63) is 54.3 Å². The minimum Gasteiger partial charge on any atom is -0.454 e. The largest absolute Gasteiger partial charge is 0.454 e. The van der Waals surface area contributed by atoms with E-state index in [9.17, 15) is 13.9 Å². The Bertz CT molecular complexity index is 1050. The maximum Gasteiger partial charge on any atom is 0.248 e. The molecule has 0 spiro atoms. The molecule has 0 amide bonds. The van der Waals surface area contributed by atoms with E-state index in [0.717, 1.165) is 12.8 Å². The van der Waals surface area contributed by atoms with Crippen LogP contribution in [0.2, 0.25) is 0 Å². The highest BCUT2D eigenvalue weighted by Gasteiger charge is 2.37. The number of halogens is 2. The molecule has 182 valence electrons. The molecule has 0 aromatic carbocycles. The second-order valence-electron chi connectivity index (χ2n) is 9.59. The van der Waals surface area contributed by atoms with Crippen molar-refractivity contribution < 1.29 is 18.6 Å². The van der Waals surface area contributed by atoms with Gasteiger partial charge in [-0.1, -0.05) is 0 Å². The van der Waals surface area contributed by atoms with E-state index in [1.807, 2.05) is 0 Å². The van der Waals surface area contributed by atoms with Crippen LogP contribution in [0.4, 0.5) is 20.3 Å². The number of aromatic nitrogens is 2. The minimum absolute atomic E-state index is 0.203. The Labute approximate surface area is 198 Å². The highest BCUT2D eigenvalue weighted by Crippen LogP contribution is 2.37. The molecular weight excluding hydrogens is 440 g/mol. The van der Waals surface area contributed by atoms with Crippen molar-refractivity contribution in [2.24, 2.45) is 5.92 Å². The molecule has 2 aliphatic carbocycles. The van der Waals surface area contributed by atoms with Gasteiger partial charge in [-0.05, 0) is 57.7 Å². The first-order chi connectivity index (χ1) is 16.1. The molecule has 2 aliphatic rings. The third kappa shape index (κ3) is 6.50. The van der Waals surface area contributed by atoms with Crippen LogP contribution in [-0.4, -0.2) is 32.8 Å². The quantitative estimate of drug-likeness (QED) is 0.294. The molecule has 2 fully saturated rings. The molecule has 2 aromatic heterocycles. The van der Waals surface area contributed by atoms with E-state index in [0.29, 0.717) is 34.7 Å². The summed E-state index contributed by atoms with van der Waals surface area (Å²) in [6.45, 7) is 3.33. The van der Waals surface area contributed by atoms with Crippen LogP contribution < -0.4 is 15.4 Å². The Hall–Kier alpha value is -3.07. The molecule has 34 heavy (non-hydrogen) atoms. The van der Waals surface area contributed by atoms with Crippen LogP contribution in [0.5, 0.6) is 5.75 Å². The van der Waals surface area contributed by atoms with Crippen LogP contribution in [0, 0.1) is 11.3 Å². The van der Waals surface area contributed by atoms with E-state index in [1.54, 1.807) is 56.7 Å². The molecule has 2 saturated carbocycles. The van der Waals surface area contributed by atoms with Gasteiger partial charge in [0.05, 0.1) is 11.4 Å². The summed E-state index contributed by atoms with van der Waals surface area (Å²) < 4.78 is 33.3. The first-order valence-corrected chi connectivity index (χ1v) is 11.6. The van der Waals surface area contributed by atoms with Gasteiger partial charge in [0.1, 0.15) is 17.2 Å². The highest BCUT2D eigenvalue weighted by molar-refractivity contribution is 5.98. The summed E-state index contributed by atoms with van der Waals surface area (Å²) in [6.07, 6.45) is 7.15. The van der Waals surface area contributed by atoms with Gasteiger partial charge < -0.3 is 25.9 Å². The molecule has 9 heteroatoms. The van der Waals surface area contributed by atoms with Crippen molar-refractivity contribution in [3.63, 3.8) is 0 Å². The van der Waals surface area contributed by atoms with Gasteiger partial charge >= 0.3 is 0 Å². The van der Waals surface area contributed by atoms with Crippen LogP contribution >= 0.6 is 0 Å². The molecule has 0 unspecified atom stereocenters. The van der Waals surface area contributed by atoms with E-state index in [4.69, 9.17) is 10.1 Å². The number of alkyl halides is 2. The van der Waals surface area contributed by atoms with Crippen molar-refractivity contribution in [2.45, 2.75) is 69.9 Å². The summed E-state index contributed by atoms with van der Waals surface area (Å²) in [5.41, 5.74) is 0.388. The number of nitrogens with zero attached hydrogens (tertiary/aromatic N) is 2. The van der Waals surface area contributed by atoms with E-state index < -0.39 is 11.5 Å². The molecule has 0 atom stereocenters. The number of nitrogens with one attached hydrogen (secondary N) is 3. The van der Waals surface area contributed by atoms with Crippen LogP contribution in [0.1, 0.15) is 58.1 Å². The predicted octanol–water partition coefficient (Wildman–Crippen LogP) is 5.27. The van der Waals surface area contributed by atoms with Crippen molar-refractivity contribution in [1.29, 1.82) is 5.41 Å². The third-order valence-electron chi connectivity index (χ3n) is 6.04. The Morgan fingerprint density at radius 2 is 1.85 bits per heavy atom. The zero-order chi connectivity index (χ0) is 24.3. The van der Waals surface area contributed by atoms with E-state index in [-0.39, 0.29) is 37.3 Å². The Morgan fingerprint density at radius 3 is 2.53 bits per heavy atom. The van der Waals surface area contributed by atoms with E-state index in [2.05, 4.69) is 20.6 Å². The lowest BCUT2D eigenvalue weighted by Gasteiger charge is -2.29. The third-order valence-corrected chi connectivity index (χ3v) is 6.04. The monoisotopic (exact) mass is 471 g/mol. The summed E-state index contributed by atoms with van der Waals surface area (Å²) in [5.74, 6) is -1.57. The van der Waals surface area contributed by atoms with Crippen molar-refractivity contribution in [2.75, 3.05) is 5.32 Å². The van der Waals surface area contributed by atoms with Gasteiger partial charge in [-0.15, -0.1) is 0 Å². The zero-order valence-electron chi connectivity index (χ0n) is 19.4. The van der Waals surface area contributed by atoms with Gasteiger partial charge in [-0.2, -0.15) is 0 Å². The number of aliphatic hydroxyl groups is 1. The maximum atomic E-state index is 13.6. The average molecular weight is 472 g/mol. The zero-order valence-corrected chi connectivity index (χ0v) is 19.4. The van der Waals surface area contributed by atoms with Gasteiger partial charge in [0, 0.05) is 55.1 Å². The first kappa shape index (κ1) is 24.1. The van der Waals surface area contributed by atoms with E-state index in [1.165, 1.54) is 0 Å². The lowest BCUT2D eigenvalue weighted by atomic mass is 9.83. The maximum absolute atomic E-state index is 13.6. The normalized spacial score (nSPS) is 18.9. The molecule has 0 saturated heterocycles. The summed E-state index contributed by atoms with van der Waals surface area (Å²) in [7, 11) is 0. The predicted molar refractivity (Wildman–Crippen MR) is 127 cm³/mol. The number of anilines is 2. The first-order valence-electron chi connectivity index (χ1n) is 11.6. The lowest BCUT2D eigenvalue weighted by molar-refractivity contribution is -0.0395. The number of hydrogen-bond acceptors (Lipinski definition) is 7. The Morgan fingerprint density at radius 1 is 1.15 bits per heavy atom. The molecule has 4 rings (SSSR count). The number of pyridine rings is 2. The second kappa shape index (κ2) is 9.66. The molecule has 2 heterocycles. The number of hydrogen-bond donors (Lipinski definition) is 4. The van der Waals surface area contributed by atoms with Crippen molar-refractivity contribution in [3.8, 4) is 5.75 Å². The van der Waals surface area contributed by atoms with Crippen LogP contribution in [0.25, 0.3) is 0 Å². The fourth-order valence-electron chi connectivity index (χ4n) is 3.80. The molecule has 0 bridgehead atoms. The molecule has 4 N–H and O–H groups in total. The van der Waals surface area contributed by atoms with Gasteiger partial charge in [0.2, 0.25) is 5.92 Å². The fraction of sp³-hybridized carbons (Fsp3) is 0.480. The smallest absolute Gasteiger partial charge is 0.248 e. The lowest BCUT2D eigenvalue weighted by Crippen LogP contribution is -2.30. The highest BCUT2D eigenvalue weighted by atomic mass is 19.3. The molecule has 2 aromatic rings. The average Bonchev–Trinajstić information content (AvgIpc) is 3.61. The van der Waals surface area contributed by atoms with Crippen LogP contribution in [0.15, 0.2) is 48.6 Å². The van der Waals surface area contributed by atoms with Gasteiger partial charge in [0.15, 0.2) is 5.76 Å². The summed E-state index contributed by atoms with van der Waals surface area (Å²) >= 11 is 0. The van der Waals surface area contributed by atoms with Crippen molar-refractivity contribution >= 4 is 17.2 Å². The van der Waals surface area contributed by atoms with Crippen molar-refractivity contribution in [1.82, 2.24) is 15.3 Å². The molecule has 0 aliphatic heterocycles. The summed E-state index contributed by atoms with van der Waals surface area (Å²) in [5, 5.41) is 25.3. The van der Waals surface area contributed by atoms with Gasteiger partial charge in [0.25, 0.3) is 0 Å². The fourth-order valence-corrected chi connectivity index (χ4v) is 3.80. The minimum atomic E-state index is -2.64. The molecule has 0 radical (unpaired) electrons. The number of allylic oxidation sites excluding steroid dienone is 1. The summed E-state index contributed by atoms with van der Waals surface area (Å²) in [6, 6.07) is 7.27. The summed E-state index contributed by atoms with van der Waals surface area (Å²) in [4.78, 5) is 8.52. The van der Waals surface area contributed by atoms with Crippen LogP contribution in [-0.2, 0) is 5.60 Å². The SMILES string of the molecule is CC(C)(O)c1cc(Nc2cc(O/C(=C/NC3CC3)C(=N)C3CCC(F)(F)CC3)ccn2)ccn1. The Kier molecular flexibility index (Phi) is 6.84. The van der Waals surface area contributed by atoms with Gasteiger partial charge in [-0.25, -0.2) is 13.8 Å². The topological polar surface area (TPSA) is 103 Å². The molecule has 7 nitrogen and oxygen atoms in total. The van der Waals surface area contributed by atoms with E-state index >= 15 is 0 Å². The number of ether oxygens (including phenoxy) is 1.